The molecule has 0 unspecified atom stereocenters. The summed E-state index contributed by atoms with van der Waals surface area (Å²) in [5.41, 5.74) is 8.46. The first kappa shape index (κ1) is 17.5. The van der Waals surface area contributed by atoms with Crippen molar-refractivity contribution in [2.24, 2.45) is 0 Å². The molecule has 0 N–H and O–H groups in total. The third kappa shape index (κ3) is 2.93. The number of para-hydroxylation sites is 1. The highest BCUT2D eigenvalue weighted by molar-refractivity contribution is 6.09. The Morgan fingerprint density at radius 2 is 1.71 bits per heavy atom. The molecule has 0 saturated heterocycles. The van der Waals surface area contributed by atoms with Crippen LogP contribution in [0.25, 0.3) is 21.8 Å². The summed E-state index contributed by atoms with van der Waals surface area (Å²) in [7, 11) is 0. The lowest BCUT2D eigenvalue weighted by Gasteiger charge is -2.14. The van der Waals surface area contributed by atoms with Crippen LogP contribution in [0, 0.1) is 0 Å². The third-order valence-electron chi connectivity index (χ3n) is 6.08. The highest BCUT2D eigenvalue weighted by atomic mass is 16.5. The number of aromatic nitrogens is 1. The van der Waals surface area contributed by atoms with E-state index < -0.39 is 0 Å². The molecule has 0 atom stereocenters. The molecule has 28 heavy (non-hydrogen) atoms. The van der Waals surface area contributed by atoms with Crippen LogP contribution >= 0.6 is 0 Å². The van der Waals surface area contributed by atoms with Crippen LogP contribution in [0.2, 0.25) is 0 Å². The number of rotatable bonds is 6. The molecular weight excluding hydrogens is 342 g/mol. The largest absolute Gasteiger partial charge is 0.372 e. The summed E-state index contributed by atoms with van der Waals surface area (Å²) in [6.07, 6.45) is 4.92. The second-order valence-corrected chi connectivity index (χ2v) is 7.93. The van der Waals surface area contributed by atoms with Gasteiger partial charge in [-0.25, -0.2) is 0 Å². The average molecular weight is 370 g/mol. The van der Waals surface area contributed by atoms with Gasteiger partial charge in [0.1, 0.15) is 0 Å². The maximum absolute atomic E-state index is 5.86. The van der Waals surface area contributed by atoms with Gasteiger partial charge in [-0.1, -0.05) is 68.3 Å². The summed E-state index contributed by atoms with van der Waals surface area (Å²) in [5, 5.41) is 2.75. The molecule has 0 aliphatic carbocycles. The van der Waals surface area contributed by atoms with E-state index in [9.17, 15) is 0 Å². The highest BCUT2D eigenvalue weighted by Gasteiger charge is 2.23. The zero-order valence-corrected chi connectivity index (χ0v) is 16.6. The maximum Gasteiger partial charge on any atom is 0.0728 e. The van der Waals surface area contributed by atoms with Crippen molar-refractivity contribution in [3.63, 3.8) is 0 Å². The van der Waals surface area contributed by atoms with Crippen LogP contribution in [0.4, 0.5) is 0 Å². The Kier molecular flexibility index (Phi) is 4.66. The Labute approximate surface area is 166 Å². The van der Waals surface area contributed by atoms with Gasteiger partial charge in [-0.15, -0.1) is 0 Å². The number of nitrogens with zero attached hydrogens (tertiary/aromatic N) is 1. The van der Waals surface area contributed by atoms with Gasteiger partial charge in [-0.05, 0) is 47.2 Å². The summed E-state index contributed by atoms with van der Waals surface area (Å²) in [5.74, 6) is 0. The molecule has 0 radical (unpaired) electrons. The van der Waals surface area contributed by atoms with Gasteiger partial charge in [0.05, 0.1) is 18.7 Å². The van der Waals surface area contributed by atoms with Crippen molar-refractivity contribution < 1.29 is 4.74 Å². The first-order chi connectivity index (χ1) is 13.9. The van der Waals surface area contributed by atoms with E-state index in [-0.39, 0.29) is 0 Å². The minimum Gasteiger partial charge on any atom is -0.372 e. The predicted molar refractivity (Wildman–Crippen MR) is 117 cm³/mol. The lowest BCUT2D eigenvalue weighted by Crippen LogP contribution is -2.04. The zero-order chi connectivity index (χ0) is 18.9. The van der Waals surface area contributed by atoms with Gasteiger partial charge in [0.15, 0.2) is 0 Å². The van der Waals surface area contributed by atoms with Crippen molar-refractivity contribution in [1.29, 1.82) is 0 Å². The molecule has 0 saturated carbocycles. The normalized spacial score (nSPS) is 13.5. The molecule has 2 heterocycles. The molecule has 142 valence electrons. The Bertz CT molecular complexity index is 1120. The third-order valence-corrected chi connectivity index (χ3v) is 6.08. The SMILES string of the molecule is CCCCCc1c2c(cc3c4ccccc4n(Cc4ccccc4)c13)COC2. The van der Waals surface area contributed by atoms with Gasteiger partial charge in [-0.2, -0.15) is 0 Å². The van der Waals surface area contributed by atoms with Crippen LogP contribution in [0.5, 0.6) is 0 Å². The highest BCUT2D eigenvalue weighted by Crippen LogP contribution is 2.38. The van der Waals surface area contributed by atoms with Crippen molar-refractivity contribution in [3.05, 3.63) is 82.9 Å². The summed E-state index contributed by atoms with van der Waals surface area (Å²) in [4.78, 5) is 0. The van der Waals surface area contributed by atoms with E-state index in [4.69, 9.17) is 4.74 Å². The van der Waals surface area contributed by atoms with Crippen molar-refractivity contribution in [2.75, 3.05) is 0 Å². The number of benzene rings is 3. The number of hydrogen-bond donors (Lipinski definition) is 0. The molecule has 1 aromatic heterocycles. The number of unbranched alkanes of at least 4 members (excludes halogenated alkanes) is 2. The second-order valence-electron chi connectivity index (χ2n) is 7.93. The quantitative estimate of drug-likeness (QED) is 0.349. The monoisotopic (exact) mass is 369 g/mol. The van der Waals surface area contributed by atoms with Crippen molar-refractivity contribution in [2.45, 2.75) is 52.4 Å². The molecule has 5 rings (SSSR count). The van der Waals surface area contributed by atoms with Gasteiger partial charge >= 0.3 is 0 Å². The smallest absolute Gasteiger partial charge is 0.0728 e. The zero-order valence-electron chi connectivity index (χ0n) is 16.6. The fourth-order valence-electron chi connectivity index (χ4n) is 4.72. The molecule has 1 aliphatic rings. The predicted octanol–water partition coefficient (Wildman–Crippen LogP) is 6.61. The van der Waals surface area contributed by atoms with Crippen molar-refractivity contribution in [1.82, 2.24) is 4.57 Å². The number of hydrogen-bond acceptors (Lipinski definition) is 1. The molecule has 3 aromatic carbocycles. The van der Waals surface area contributed by atoms with Gasteiger partial charge in [0.25, 0.3) is 0 Å². The average Bonchev–Trinajstić information content (AvgIpc) is 3.32. The Balaban J connectivity index is 1.78. The molecule has 0 bridgehead atoms. The van der Waals surface area contributed by atoms with Crippen LogP contribution in [-0.2, 0) is 30.9 Å². The van der Waals surface area contributed by atoms with Crippen LogP contribution in [-0.4, -0.2) is 4.57 Å². The molecule has 1 aliphatic heterocycles. The molecule has 0 amide bonds. The van der Waals surface area contributed by atoms with Gasteiger partial charge in [0.2, 0.25) is 0 Å². The van der Waals surface area contributed by atoms with Gasteiger partial charge < -0.3 is 9.30 Å². The van der Waals surface area contributed by atoms with E-state index in [1.54, 1.807) is 0 Å². The Hall–Kier alpha value is -2.58. The molecule has 0 spiro atoms. The number of fused-ring (bicyclic) bond motifs is 4. The summed E-state index contributed by atoms with van der Waals surface area (Å²) >= 11 is 0. The van der Waals surface area contributed by atoms with E-state index in [1.807, 2.05) is 0 Å². The van der Waals surface area contributed by atoms with Crippen LogP contribution in [0.1, 0.15) is 48.4 Å². The van der Waals surface area contributed by atoms with E-state index >= 15 is 0 Å². The van der Waals surface area contributed by atoms with Crippen LogP contribution < -0.4 is 0 Å². The van der Waals surface area contributed by atoms with Crippen molar-refractivity contribution >= 4 is 21.8 Å². The first-order valence-electron chi connectivity index (χ1n) is 10.5. The van der Waals surface area contributed by atoms with Crippen LogP contribution in [0.15, 0.2) is 60.7 Å². The minimum absolute atomic E-state index is 0.754. The number of aryl methyl sites for hydroxylation is 1. The molecule has 2 heteroatoms. The summed E-state index contributed by atoms with van der Waals surface area (Å²) in [6.45, 7) is 4.70. The summed E-state index contributed by atoms with van der Waals surface area (Å²) < 4.78 is 8.41. The topological polar surface area (TPSA) is 14.2 Å². The lowest BCUT2D eigenvalue weighted by molar-refractivity contribution is 0.134. The molecule has 0 fully saturated rings. The Morgan fingerprint density at radius 3 is 2.57 bits per heavy atom. The fraction of sp³-hybridized carbons (Fsp3) is 0.308. The first-order valence-corrected chi connectivity index (χ1v) is 10.5. The molecule has 2 nitrogen and oxygen atoms in total. The molecule has 4 aromatic rings. The van der Waals surface area contributed by atoms with Gasteiger partial charge in [0, 0.05) is 22.8 Å². The van der Waals surface area contributed by atoms with Crippen molar-refractivity contribution in [3.8, 4) is 0 Å². The van der Waals surface area contributed by atoms with E-state index in [0.29, 0.717) is 0 Å². The van der Waals surface area contributed by atoms with E-state index in [2.05, 4.69) is 72.2 Å². The lowest BCUT2D eigenvalue weighted by atomic mass is 9.95. The summed E-state index contributed by atoms with van der Waals surface area (Å²) in [6, 6.07) is 22.1. The Morgan fingerprint density at radius 1 is 0.893 bits per heavy atom. The maximum atomic E-state index is 5.86. The number of ether oxygens (including phenoxy) is 1. The van der Waals surface area contributed by atoms with E-state index in [0.717, 1.165) is 26.2 Å². The van der Waals surface area contributed by atoms with E-state index in [1.165, 1.54) is 63.3 Å². The standard InChI is InChI=1S/C26H27NO/c1-2-3-5-13-22-24-18-28-17-20(24)15-23-21-12-8-9-14-25(21)27(26(22)23)16-19-10-6-4-7-11-19/h4,6-12,14-15H,2-3,5,13,16-18H2,1H3. The van der Waals surface area contributed by atoms with Gasteiger partial charge in [-0.3, -0.25) is 0 Å². The van der Waals surface area contributed by atoms with Crippen LogP contribution in [0.3, 0.4) is 0 Å². The minimum atomic E-state index is 0.754. The fourth-order valence-corrected chi connectivity index (χ4v) is 4.72. The second kappa shape index (κ2) is 7.44. The molecular formula is C26H27NO.